The van der Waals surface area contributed by atoms with Crippen molar-refractivity contribution in [3.63, 3.8) is 0 Å². The van der Waals surface area contributed by atoms with Crippen LogP contribution in [-0.2, 0) is 0 Å². The molecule has 0 aliphatic heterocycles. The van der Waals surface area contributed by atoms with E-state index >= 15 is 4.39 Å². The molecule has 3 aromatic carbocycles. The molecule has 0 unspecified atom stereocenters. The molecule has 0 amide bonds. The van der Waals surface area contributed by atoms with Crippen molar-refractivity contribution < 1.29 is 26.3 Å². The first-order valence-electron chi connectivity index (χ1n) is 12.6. The van der Waals surface area contributed by atoms with E-state index in [-0.39, 0.29) is 21.4 Å². The molecule has 0 bridgehead atoms. The quantitative estimate of drug-likeness (QED) is 0.167. The van der Waals surface area contributed by atoms with Gasteiger partial charge in [-0.15, -0.1) is 0 Å². The maximum Gasteiger partial charge on any atom is 0.458 e. The van der Waals surface area contributed by atoms with Gasteiger partial charge in [-0.25, -0.2) is 13.2 Å². The molecule has 196 valence electrons. The van der Waals surface area contributed by atoms with Gasteiger partial charge >= 0.3 is 6.18 Å². The Balaban J connectivity index is 1.59. The van der Waals surface area contributed by atoms with Crippen molar-refractivity contribution >= 4 is 22.4 Å². The molecule has 0 nitrogen and oxygen atoms in total. The van der Waals surface area contributed by atoms with Gasteiger partial charge in [-0.1, -0.05) is 62.3 Å². The van der Waals surface area contributed by atoms with Crippen LogP contribution in [0.5, 0.6) is 0 Å². The molecule has 0 aromatic heterocycles. The van der Waals surface area contributed by atoms with Gasteiger partial charge < -0.3 is 0 Å². The van der Waals surface area contributed by atoms with E-state index < -0.39 is 29.2 Å². The summed E-state index contributed by atoms with van der Waals surface area (Å²) in [6.07, 6.45) is 4.43. The van der Waals surface area contributed by atoms with E-state index in [2.05, 4.69) is 6.92 Å². The summed E-state index contributed by atoms with van der Waals surface area (Å²) in [6.45, 7) is 2.20. The summed E-state index contributed by atoms with van der Waals surface area (Å²) in [6, 6.07) is 8.60. The van der Waals surface area contributed by atoms with Crippen LogP contribution in [-0.4, -0.2) is 6.18 Å². The van der Waals surface area contributed by atoms with Gasteiger partial charge in [0.1, 0.15) is 11.6 Å². The number of fused-ring (bicyclic) bond motifs is 1. The van der Waals surface area contributed by atoms with Crippen LogP contribution in [0.4, 0.5) is 26.3 Å². The number of rotatable bonds is 6. The second-order valence-corrected chi connectivity index (χ2v) is 10.2. The molecule has 0 N–H and O–H groups in total. The van der Waals surface area contributed by atoms with Crippen LogP contribution in [0.15, 0.2) is 36.4 Å². The lowest BCUT2D eigenvalue weighted by molar-refractivity contribution is -0.0696. The van der Waals surface area contributed by atoms with E-state index in [0.717, 1.165) is 49.2 Å². The second-order valence-electron chi connectivity index (χ2n) is 9.80. The number of benzene rings is 3. The fraction of sp³-hybridized carbons (Fsp3) is 0.400. The van der Waals surface area contributed by atoms with Crippen LogP contribution in [0.25, 0.3) is 21.9 Å². The lowest BCUT2D eigenvalue weighted by atomic mass is 9.77. The first kappa shape index (κ1) is 27.4. The number of hydrogen-bond acceptors (Lipinski definition) is 0. The highest BCUT2D eigenvalue weighted by Gasteiger charge is 2.25. The summed E-state index contributed by atoms with van der Waals surface area (Å²) in [4.78, 5) is 0. The lowest BCUT2D eigenvalue weighted by Crippen LogP contribution is -2.13. The van der Waals surface area contributed by atoms with Crippen molar-refractivity contribution in [2.45, 2.75) is 70.4 Å². The van der Waals surface area contributed by atoms with Gasteiger partial charge in [0.2, 0.25) is 0 Å². The Hall–Kier alpha value is -2.65. The zero-order chi connectivity index (χ0) is 26.7. The lowest BCUT2D eigenvalue weighted by Gasteiger charge is -2.29. The SMILES string of the molecule is CCCCCC1CCC(c2ccc(-c3cc(Cl)c4c(F)c(C#CC(F)(F)F)c(F)cc4c3)c(F)c2)CC1. The molecule has 3 aromatic rings. The predicted octanol–water partition coefficient (Wildman–Crippen LogP) is 10.3. The molecule has 1 aliphatic carbocycles. The number of alkyl halides is 3. The molecule has 1 saturated carbocycles. The van der Waals surface area contributed by atoms with Gasteiger partial charge in [0.05, 0.1) is 10.6 Å². The van der Waals surface area contributed by atoms with E-state index in [9.17, 15) is 22.0 Å². The number of unbranched alkanes of at least 4 members (excludes halogenated alkanes) is 2. The molecule has 1 fully saturated rings. The van der Waals surface area contributed by atoms with Gasteiger partial charge in [0, 0.05) is 16.9 Å². The minimum absolute atomic E-state index is 0.0000643. The smallest absolute Gasteiger partial charge is 0.206 e. The van der Waals surface area contributed by atoms with Crippen LogP contribution >= 0.6 is 11.6 Å². The number of halogens is 7. The van der Waals surface area contributed by atoms with Crippen LogP contribution in [0.1, 0.15) is 75.3 Å². The number of hydrogen-bond donors (Lipinski definition) is 0. The van der Waals surface area contributed by atoms with Gasteiger partial charge in [-0.3, -0.25) is 0 Å². The van der Waals surface area contributed by atoms with E-state index in [0.29, 0.717) is 11.5 Å². The van der Waals surface area contributed by atoms with Gasteiger partial charge in [0.15, 0.2) is 5.82 Å². The minimum Gasteiger partial charge on any atom is -0.206 e. The Labute approximate surface area is 218 Å². The third kappa shape index (κ3) is 6.44. The largest absolute Gasteiger partial charge is 0.458 e. The van der Waals surface area contributed by atoms with Crippen LogP contribution in [0.2, 0.25) is 5.02 Å². The van der Waals surface area contributed by atoms with Gasteiger partial charge in [-0.05, 0) is 78.3 Å². The highest BCUT2D eigenvalue weighted by molar-refractivity contribution is 6.36. The minimum atomic E-state index is -4.90. The topological polar surface area (TPSA) is 0 Å². The second kappa shape index (κ2) is 11.4. The monoisotopic (exact) mass is 536 g/mol. The van der Waals surface area contributed by atoms with Crippen molar-refractivity contribution in [1.29, 1.82) is 0 Å². The Morgan fingerprint density at radius 2 is 1.65 bits per heavy atom. The molecule has 0 spiro atoms. The van der Waals surface area contributed by atoms with Gasteiger partial charge in [0.25, 0.3) is 0 Å². The standard InChI is InChI=1S/C30H27ClF6/c1-2-3-4-5-18-6-8-19(9-7-18)20-10-11-23(26(32)16-20)21-14-22-17-27(33)24(12-13-30(35,36)37)29(34)28(22)25(31)15-21/h10-11,14-19H,2-9H2,1H3. The molecule has 0 atom stereocenters. The molecular weight excluding hydrogens is 510 g/mol. The van der Waals surface area contributed by atoms with Crippen LogP contribution in [0, 0.1) is 35.2 Å². The third-order valence-corrected chi connectivity index (χ3v) is 7.55. The van der Waals surface area contributed by atoms with Crippen LogP contribution < -0.4 is 0 Å². The Bertz CT molecular complexity index is 1340. The van der Waals surface area contributed by atoms with Crippen LogP contribution in [0.3, 0.4) is 0 Å². The van der Waals surface area contributed by atoms with Crippen molar-refractivity contribution in [3.8, 4) is 23.0 Å². The maximum absolute atomic E-state index is 15.2. The van der Waals surface area contributed by atoms with Gasteiger partial charge in [-0.2, -0.15) is 13.2 Å². The summed E-state index contributed by atoms with van der Waals surface area (Å²) in [7, 11) is 0. The van der Waals surface area contributed by atoms with Crippen molar-refractivity contribution in [2.75, 3.05) is 0 Å². The zero-order valence-corrected chi connectivity index (χ0v) is 21.2. The first-order valence-corrected chi connectivity index (χ1v) is 13.0. The summed E-state index contributed by atoms with van der Waals surface area (Å²) < 4.78 is 81.8. The van der Waals surface area contributed by atoms with E-state index in [4.69, 9.17) is 11.6 Å². The molecule has 0 saturated heterocycles. The predicted molar refractivity (Wildman–Crippen MR) is 136 cm³/mol. The summed E-state index contributed by atoms with van der Waals surface area (Å²) in [5.74, 6) is 0.409. The molecule has 4 rings (SSSR count). The molecule has 37 heavy (non-hydrogen) atoms. The Morgan fingerprint density at radius 1 is 0.919 bits per heavy atom. The van der Waals surface area contributed by atoms with Crippen molar-refractivity contribution in [1.82, 2.24) is 0 Å². The fourth-order valence-corrected chi connectivity index (χ4v) is 5.61. The summed E-state index contributed by atoms with van der Waals surface area (Å²) >= 11 is 6.24. The zero-order valence-electron chi connectivity index (χ0n) is 20.4. The fourth-order valence-electron chi connectivity index (χ4n) is 5.30. The van der Waals surface area contributed by atoms with Crippen molar-refractivity contribution in [2.24, 2.45) is 5.92 Å². The van der Waals surface area contributed by atoms with E-state index in [1.54, 1.807) is 6.07 Å². The average Bonchev–Trinajstić information content (AvgIpc) is 2.83. The molecule has 0 heterocycles. The Morgan fingerprint density at radius 3 is 2.30 bits per heavy atom. The highest BCUT2D eigenvalue weighted by Crippen LogP contribution is 2.40. The van der Waals surface area contributed by atoms with E-state index in [1.165, 1.54) is 49.8 Å². The van der Waals surface area contributed by atoms with E-state index in [1.807, 2.05) is 6.07 Å². The molecule has 0 radical (unpaired) electrons. The normalized spacial score (nSPS) is 18.1. The highest BCUT2D eigenvalue weighted by atomic mass is 35.5. The Kier molecular flexibility index (Phi) is 8.43. The molecular formula is C30H27ClF6. The summed E-state index contributed by atoms with van der Waals surface area (Å²) in [5, 5.41) is -0.448. The molecule has 1 aliphatic rings. The maximum atomic E-state index is 15.2. The summed E-state index contributed by atoms with van der Waals surface area (Å²) in [5.41, 5.74) is 0.455. The third-order valence-electron chi connectivity index (χ3n) is 7.25. The molecule has 7 heteroatoms. The van der Waals surface area contributed by atoms with Crippen molar-refractivity contribution in [3.05, 3.63) is 70.0 Å². The first-order chi connectivity index (χ1) is 17.6. The average molecular weight is 537 g/mol.